The van der Waals surface area contributed by atoms with Crippen molar-refractivity contribution >= 4 is 28.6 Å². The quantitative estimate of drug-likeness (QED) is 0.858. The number of methoxy groups -OCH3 is 1. The number of hydrogen-bond donors (Lipinski definition) is 0. The predicted molar refractivity (Wildman–Crippen MR) is 86.7 cm³/mol. The van der Waals surface area contributed by atoms with E-state index in [2.05, 4.69) is 0 Å². The molecule has 2 heterocycles. The summed E-state index contributed by atoms with van der Waals surface area (Å²) in [7, 11) is 1.70. The average molecular weight is 339 g/mol. The summed E-state index contributed by atoms with van der Waals surface area (Å²) in [4.78, 5) is 26.1. The van der Waals surface area contributed by atoms with Gasteiger partial charge in [-0.05, 0) is 25.0 Å². The summed E-state index contributed by atoms with van der Waals surface area (Å²) in [5.41, 5.74) is 1.10. The molecule has 1 aromatic carbocycles. The van der Waals surface area contributed by atoms with Gasteiger partial charge in [0.1, 0.15) is 0 Å². The summed E-state index contributed by atoms with van der Waals surface area (Å²) >= 11 is 5.89. The van der Waals surface area contributed by atoms with E-state index in [0.717, 1.165) is 12.8 Å². The molecule has 23 heavy (non-hydrogen) atoms. The van der Waals surface area contributed by atoms with Crippen LogP contribution in [0.3, 0.4) is 0 Å². The first kappa shape index (κ1) is 16.1. The molecule has 7 heteroatoms. The smallest absolute Gasteiger partial charge is 0.408 e. The van der Waals surface area contributed by atoms with Crippen LogP contribution < -0.4 is 5.76 Å². The highest BCUT2D eigenvalue weighted by molar-refractivity contribution is 6.31. The second-order valence-electron chi connectivity index (χ2n) is 5.70. The number of rotatable bonds is 4. The lowest BCUT2D eigenvalue weighted by Crippen LogP contribution is -2.41. The number of hydrogen-bond acceptors (Lipinski definition) is 4. The van der Waals surface area contributed by atoms with E-state index in [1.807, 2.05) is 4.90 Å². The molecule has 1 amide bonds. The first-order chi connectivity index (χ1) is 11.1. The van der Waals surface area contributed by atoms with Crippen molar-refractivity contribution in [2.24, 2.45) is 0 Å². The fourth-order valence-electron chi connectivity index (χ4n) is 2.96. The first-order valence-corrected chi connectivity index (χ1v) is 8.05. The molecule has 0 saturated carbocycles. The maximum atomic E-state index is 12.3. The van der Waals surface area contributed by atoms with Crippen molar-refractivity contribution in [2.45, 2.75) is 31.9 Å². The van der Waals surface area contributed by atoms with E-state index in [1.54, 1.807) is 25.3 Å². The van der Waals surface area contributed by atoms with Crippen molar-refractivity contribution in [3.8, 4) is 0 Å². The number of oxazole rings is 1. The third kappa shape index (κ3) is 3.43. The minimum atomic E-state index is -0.465. The van der Waals surface area contributed by atoms with E-state index in [0.29, 0.717) is 35.8 Å². The standard InChI is InChI=1S/C16H19ClN2O4/c1-22-12-4-7-18(8-5-12)15(20)6-9-19-13-3-2-11(17)10-14(13)23-16(19)21/h2-3,10,12H,4-9H2,1H3. The van der Waals surface area contributed by atoms with Crippen molar-refractivity contribution < 1.29 is 13.9 Å². The Balaban J connectivity index is 1.66. The van der Waals surface area contributed by atoms with E-state index in [9.17, 15) is 9.59 Å². The first-order valence-electron chi connectivity index (χ1n) is 7.68. The molecule has 0 spiro atoms. The van der Waals surface area contributed by atoms with Crippen molar-refractivity contribution in [3.05, 3.63) is 33.8 Å². The molecule has 1 saturated heterocycles. The van der Waals surface area contributed by atoms with Gasteiger partial charge >= 0.3 is 5.76 Å². The summed E-state index contributed by atoms with van der Waals surface area (Å²) < 4.78 is 12.0. The Kier molecular flexibility index (Phi) is 4.73. The van der Waals surface area contributed by atoms with Crippen LogP contribution in [-0.4, -0.2) is 41.7 Å². The number of halogens is 1. The monoisotopic (exact) mass is 338 g/mol. The Bertz CT molecular complexity index is 759. The number of nitrogens with zero attached hydrogens (tertiary/aromatic N) is 2. The van der Waals surface area contributed by atoms with Crippen molar-refractivity contribution in [2.75, 3.05) is 20.2 Å². The van der Waals surface area contributed by atoms with Crippen LogP contribution in [0, 0.1) is 0 Å². The molecule has 124 valence electrons. The number of ether oxygens (including phenoxy) is 1. The maximum absolute atomic E-state index is 12.3. The van der Waals surface area contributed by atoms with Crippen LogP contribution in [0.1, 0.15) is 19.3 Å². The number of piperidine rings is 1. The van der Waals surface area contributed by atoms with Crippen LogP contribution in [0.15, 0.2) is 27.4 Å². The molecule has 1 aliphatic rings. The Morgan fingerprint density at radius 3 is 2.83 bits per heavy atom. The molecule has 0 unspecified atom stereocenters. The number of aromatic nitrogens is 1. The molecule has 3 rings (SSSR count). The maximum Gasteiger partial charge on any atom is 0.419 e. The minimum Gasteiger partial charge on any atom is -0.408 e. The van der Waals surface area contributed by atoms with Crippen LogP contribution >= 0.6 is 11.6 Å². The van der Waals surface area contributed by atoms with E-state index in [-0.39, 0.29) is 18.4 Å². The lowest BCUT2D eigenvalue weighted by atomic mass is 10.1. The summed E-state index contributed by atoms with van der Waals surface area (Å²) in [6, 6.07) is 5.04. The van der Waals surface area contributed by atoms with Crippen molar-refractivity contribution in [3.63, 3.8) is 0 Å². The Labute approximate surface area is 138 Å². The normalized spacial score (nSPS) is 16.2. The Hall–Kier alpha value is -1.79. The zero-order valence-electron chi connectivity index (χ0n) is 13.0. The van der Waals surface area contributed by atoms with E-state index < -0.39 is 5.76 Å². The number of likely N-dealkylation sites (tertiary alicyclic amines) is 1. The zero-order valence-corrected chi connectivity index (χ0v) is 13.7. The minimum absolute atomic E-state index is 0.0507. The lowest BCUT2D eigenvalue weighted by Gasteiger charge is -2.31. The molecule has 1 aromatic heterocycles. The summed E-state index contributed by atoms with van der Waals surface area (Å²) in [6.45, 7) is 1.71. The Morgan fingerprint density at radius 2 is 2.13 bits per heavy atom. The van der Waals surface area contributed by atoms with Gasteiger partial charge in [-0.3, -0.25) is 9.36 Å². The fourth-order valence-corrected chi connectivity index (χ4v) is 3.12. The van der Waals surface area contributed by atoms with Gasteiger partial charge in [-0.15, -0.1) is 0 Å². The predicted octanol–water partition coefficient (Wildman–Crippen LogP) is 2.28. The van der Waals surface area contributed by atoms with E-state index in [1.165, 1.54) is 4.57 Å². The van der Waals surface area contributed by atoms with Gasteiger partial charge in [0.15, 0.2) is 5.58 Å². The molecule has 2 aromatic rings. The van der Waals surface area contributed by atoms with Crippen LogP contribution in [0.25, 0.3) is 11.1 Å². The van der Waals surface area contributed by atoms with Gasteiger partial charge in [0, 0.05) is 44.3 Å². The van der Waals surface area contributed by atoms with Gasteiger partial charge in [0.2, 0.25) is 5.91 Å². The van der Waals surface area contributed by atoms with Crippen LogP contribution in [0.5, 0.6) is 0 Å². The number of benzene rings is 1. The highest BCUT2D eigenvalue weighted by Gasteiger charge is 2.22. The summed E-state index contributed by atoms with van der Waals surface area (Å²) in [5.74, 6) is -0.414. The molecule has 0 radical (unpaired) electrons. The largest absolute Gasteiger partial charge is 0.419 e. The second kappa shape index (κ2) is 6.76. The lowest BCUT2D eigenvalue weighted by molar-refractivity contribution is -0.133. The van der Waals surface area contributed by atoms with Gasteiger partial charge in [-0.25, -0.2) is 4.79 Å². The van der Waals surface area contributed by atoms with Crippen LogP contribution in [0.4, 0.5) is 0 Å². The zero-order chi connectivity index (χ0) is 16.4. The van der Waals surface area contributed by atoms with Crippen LogP contribution in [-0.2, 0) is 16.1 Å². The Morgan fingerprint density at radius 1 is 1.39 bits per heavy atom. The van der Waals surface area contributed by atoms with E-state index >= 15 is 0 Å². The van der Waals surface area contributed by atoms with Gasteiger partial charge in [-0.1, -0.05) is 11.6 Å². The average Bonchev–Trinajstić information content (AvgIpc) is 2.87. The highest BCUT2D eigenvalue weighted by Crippen LogP contribution is 2.19. The fraction of sp³-hybridized carbons (Fsp3) is 0.500. The number of aryl methyl sites for hydroxylation is 1. The highest BCUT2D eigenvalue weighted by atomic mass is 35.5. The van der Waals surface area contributed by atoms with Crippen molar-refractivity contribution in [1.29, 1.82) is 0 Å². The number of carbonyl (C=O) groups is 1. The third-order valence-corrected chi connectivity index (χ3v) is 4.54. The molecule has 1 aliphatic heterocycles. The molecule has 0 aliphatic carbocycles. The second-order valence-corrected chi connectivity index (χ2v) is 6.13. The number of carbonyl (C=O) groups excluding carboxylic acids is 1. The topological polar surface area (TPSA) is 64.7 Å². The third-order valence-electron chi connectivity index (χ3n) is 4.31. The molecule has 6 nitrogen and oxygen atoms in total. The SMILES string of the molecule is COC1CCN(C(=O)CCn2c(=O)oc3cc(Cl)ccc32)CC1. The summed E-state index contributed by atoms with van der Waals surface area (Å²) in [5, 5.41) is 0.510. The van der Waals surface area contributed by atoms with Crippen LogP contribution in [0.2, 0.25) is 5.02 Å². The molecular weight excluding hydrogens is 320 g/mol. The van der Waals surface area contributed by atoms with Gasteiger partial charge < -0.3 is 14.1 Å². The van der Waals surface area contributed by atoms with Gasteiger partial charge in [0.05, 0.1) is 11.6 Å². The molecule has 0 bridgehead atoms. The molecule has 0 atom stereocenters. The van der Waals surface area contributed by atoms with E-state index in [4.69, 9.17) is 20.8 Å². The van der Waals surface area contributed by atoms with Crippen molar-refractivity contribution in [1.82, 2.24) is 9.47 Å². The summed E-state index contributed by atoms with van der Waals surface area (Å²) in [6.07, 6.45) is 2.23. The molecule has 0 N–H and O–H groups in total. The number of amides is 1. The van der Waals surface area contributed by atoms with Gasteiger partial charge in [0.25, 0.3) is 0 Å². The van der Waals surface area contributed by atoms with Gasteiger partial charge in [-0.2, -0.15) is 0 Å². The molecular formula is C16H19ClN2O4. The molecule has 1 fully saturated rings. The number of fused-ring (bicyclic) bond motifs is 1.